The molecule has 0 aliphatic heterocycles. The van der Waals surface area contributed by atoms with Gasteiger partial charge >= 0.3 is 0 Å². The van der Waals surface area contributed by atoms with Crippen LogP contribution in [0.3, 0.4) is 0 Å². The number of carbonyl (C=O) groups excluding carboxylic acids is 1. The molecule has 2 rings (SSSR count). The van der Waals surface area contributed by atoms with Gasteiger partial charge in [-0.05, 0) is 43.2 Å². The molecular weight excluding hydrogens is 245 g/mol. The summed E-state index contributed by atoms with van der Waals surface area (Å²) in [4.78, 5) is 12.0. The lowest BCUT2D eigenvalue weighted by molar-refractivity contribution is 0.102. The van der Waals surface area contributed by atoms with Crippen LogP contribution >= 0.6 is 0 Å². The second kappa shape index (κ2) is 5.10. The molecule has 0 saturated carbocycles. The van der Waals surface area contributed by atoms with Crippen molar-refractivity contribution in [3.05, 3.63) is 58.9 Å². The lowest BCUT2D eigenvalue weighted by atomic mass is 10.1. The van der Waals surface area contributed by atoms with Crippen molar-refractivity contribution in [1.29, 1.82) is 0 Å². The number of aryl methyl sites for hydroxylation is 2. The third kappa shape index (κ3) is 2.91. The maximum Gasteiger partial charge on any atom is 0.258 e. The average Bonchev–Trinajstić information content (AvgIpc) is 2.33. The molecule has 3 nitrogen and oxygen atoms in total. The van der Waals surface area contributed by atoms with Crippen molar-refractivity contribution in [3.8, 4) is 5.75 Å². The zero-order valence-electron chi connectivity index (χ0n) is 10.7. The zero-order chi connectivity index (χ0) is 14.0. The second-order valence-electron chi connectivity index (χ2n) is 4.44. The monoisotopic (exact) mass is 259 g/mol. The van der Waals surface area contributed by atoms with E-state index in [1.165, 1.54) is 12.1 Å². The molecular formula is C15H14FNO2. The summed E-state index contributed by atoms with van der Waals surface area (Å²) in [5, 5.41) is 11.8. The fourth-order valence-corrected chi connectivity index (χ4v) is 1.75. The molecule has 4 heteroatoms. The number of aromatic hydroxyl groups is 1. The van der Waals surface area contributed by atoms with Crippen LogP contribution in [0.1, 0.15) is 21.5 Å². The van der Waals surface area contributed by atoms with Crippen LogP contribution in [0.5, 0.6) is 5.75 Å². The summed E-state index contributed by atoms with van der Waals surface area (Å²) < 4.78 is 13.6. The molecule has 0 radical (unpaired) electrons. The van der Waals surface area contributed by atoms with Crippen molar-refractivity contribution in [2.24, 2.45) is 0 Å². The number of nitrogens with one attached hydrogen (secondary N) is 1. The Labute approximate surface area is 110 Å². The van der Waals surface area contributed by atoms with Crippen molar-refractivity contribution in [3.63, 3.8) is 0 Å². The Morgan fingerprint density at radius 3 is 2.58 bits per heavy atom. The molecule has 0 saturated heterocycles. The van der Waals surface area contributed by atoms with E-state index in [4.69, 9.17) is 5.11 Å². The van der Waals surface area contributed by atoms with E-state index in [9.17, 15) is 9.18 Å². The van der Waals surface area contributed by atoms with Gasteiger partial charge in [0.25, 0.3) is 5.91 Å². The molecule has 0 aliphatic carbocycles. The van der Waals surface area contributed by atoms with Gasteiger partial charge in [0.15, 0.2) is 0 Å². The van der Waals surface area contributed by atoms with Crippen LogP contribution in [-0.4, -0.2) is 11.0 Å². The summed E-state index contributed by atoms with van der Waals surface area (Å²) in [5.41, 5.74) is 2.46. The van der Waals surface area contributed by atoms with Crippen molar-refractivity contribution >= 4 is 11.6 Å². The Morgan fingerprint density at radius 2 is 1.89 bits per heavy atom. The van der Waals surface area contributed by atoms with Gasteiger partial charge in [-0.2, -0.15) is 0 Å². The predicted octanol–water partition coefficient (Wildman–Crippen LogP) is 3.40. The summed E-state index contributed by atoms with van der Waals surface area (Å²) in [6, 6.07) is 9.10. The number of benzene rings is 2. The quantitative estimate of drug-likeness (QED) is 0.868. The molecule has 2 aromatic rings. The Kier molecular flexibility index (Phi) is 3.51. The van der Waals surface area contributed by atoms with Crippen molar-refractivity contribution in [1.82, 2.24) is 0 Å². The first-order valence-corrected chi connectivity index (χ1v) is 5.84. The lowest BCUT2D eigenvalue weighted by Gasteiger charge is -2.10. The lowest BCUT2D eigenvalue weighted by Crippen LogP contribution is -2.14. The molecule has 0 heterocycles. The van der Waals surface area contributed by atoms with E-state index in [2.05, 4.69) is 5.32 Å². The maximum absolute atomic E-state index is 13.6. The maximum atomic E-state index is 13.6. The highest BCUT2D eigenvalue weighted by Gasteiger charge is 2.13. The molecule has 2 N–H and O–H groups in total. The average molecular weight is 259 g/mol. The van der Waals surface area contributed by atoms with Gasteiger partial charge in [-0.15, -0.1) is 0 Å². The smallest absolute Gasteiger partial charge is 0.258 e. The molecule has 0 aliphatic rings. The summed E-state index contributed by atoms with van der Waals surface area (Å²) in [6.45, 7) is 3.78. The number of halogens is 1. The summed E-state index contributed by atoms with van der Waals surface area (Å²) in [5.74, 6) is -1.49. The van der Waals surface area contributed by atoms with Crippen LogP contribution in [0, 0.1) is 19.7 Å². The highest BCUT2D eigenvalue weighted by Crippen LogP contribution is 2.20. The van der Waals surface area contributed by atoms with Crippen LogP contribution in [0.15, 0.2) is 36.4 Å². The molecule has 0 unspecified atom stereocenters. The highest BCUT2D eigenvalue weighted by molar-refractivity contribution is 6.04. The predicted molar refractivity (Wildman–Crippen MR) is 71.9 cm³/mol. The molecule has 0 bridgehead atoms. The number of phenolic OH excluding ortho intramolecular Hbond substituents is 1. The van der Waals surface area contributed by atoms with E-state index in [-0.39, 0.29) is 11.3 Å². The number of amides is 1. The fourth-order valence-electron chi connectivity index (χ4n) is 1.75. The number of hydrogen-bond acceptors (Lipinski definition) is 2. The van der Waals surface area contributed by atoms with Crippen LogP contribution in [0.25, 0.3) is 0 Å². The minimum Gasteiger partial charge on any atom is -0.508 e. The normalized spacial score (nSPS) is 10.3. The topological polar surface area (TPSA) is 49.3 Å². The standard InChI is InChI=1S/C15H14FNO2/c1-9-3-4-10(2)14(7-9)17-15(19)12-6-5-11(18)8-13(12)16/h3-8,18H,1-2H3,(H,17,19). The summed E-state index contributed by atoms with van der Waals surface area (Å²) >= 11 is 0. The van der Waals surface area contributed by atoms with Gasteiger partial charge in [0.1, 0.15) is 11.6 Å². The number of anilines is 1. The van der Waals surface area contributed by atoms with Crippen molar-refractivity contribution < 1.29 is 14.3 Å². The van der Waals surface area contributed by atoms with E-state index < -0.39 is 11.7 Å². The minimum absolute atomic E-state index is 0.0984. The van der Waals surface area contributed by atoms with Gasteiger partial charge in [-0.25, -0.2) is 4.39 Å². The molecule has 0 aromatic heterocycles. The molecule has 19 heavy (non-hydrogen) atoms. The molecule has 0 atom stereocenters. The van der Waals surface area contributed by atoms with Gasteiger partial charge in [0.2, 0.25) is 0 Å². The van der Waals surface area contributed by atoms with Crippen LogP contribution in [-0.2, 0) is 0 Å². The first kappa shape index (κ1) is 13.1. The van der Waals surface area contributed by atoms with Crippen LogP contribution < -0.4 is 5.32 Å². The third-order valence-electron chi connectivity index (χ3n) is 2.84. The zero-order valence-corrected chi connectivity index (χ0v) is 10.7. The molecule has 0 spiro atoms. The Balaban J connectivity index is 2.28. The van der Waals surface area contributed by atoms with Crippen LogP contribution in [0.2, 0.25) is 0 Å². The van der Waals surface area contributed by atoms with Gasteiger partial charge in [-0.3, -0.25) is 4.79 Å². The summed E-state index contributed by atoms with van der Waals surface area (Å²) in [7, 11) is 0. The Bertz CT molecular complexity index is 638. The van der Waals surface area contributed by atoms with Gasteiger partial charge in [0, 0.05) is 11.8 Å². The number of carbonyl (C=O) groups is 1. The van der Waals surface area contributed by atoms with Gasteiger partial charge in [0.05, 0.1) is 5.56 Å². The van der Waals surface area contributed by atoms with E-state index in [0.29, 0.717) is 5.69 Å². The highest BCUT2D eigenvalue weighted by atomic mass is 19.1. The first-order valence-electron chi connectivity index (χ1n) is 5.84. The van der Waals surface area contributed by atoms with E-state index >= 15 is 0 Å². The Hall–Kier alpha value is -2.36. The summed E-state index contributed by atoms with van der Waals surface area (Å²) in [6.07, 6.45) is 0. The van der Waals surface area contributed by atoms with Crippen molar-refractivity contribution in [2.45, 2.75) is 13.8 Å². The second-order valence-corrected chi connectivity index (χ2v) is 4.44. The molecule has 2 aromatic carbocycles. The SMILES string of the molecule is Cc1ccc(C)c(NC(=O)c2ccc(O)cc2F)c1. The van der Waals surface area contributed by atoms with Crippen LogP contribution in [0.4, 0.5) is 10.1 Å². The largest absolute Gasteiger partial charge is 0.508 e. The number of rotatable bonds is 2. The Morgan fingerprint density at radius 1 is 1.16 bits per heavy atom. The third-order valence-corrected chi connectivity index (χ3v) is 2.84. The molecule has 1 amide bonds. The molecule has 98 valence electrons. The van der Waals surface area contributed by atoms with Gasteiger partial charge < -0.3 is 10.4 Å². The van der Waals surface area contributed by atoms with E-state index in [1.54, 1.807) is 0 Å². The first-order chi connectivity index (χ1) is 8.97. The fraction of sp³-hybridized carbons (Fsp3) is 0.133. The minimum atomic E-state index is -0.747. The number of phenols is 1. The number of hydrogen-bond donors (Lipinski definition) is 2. The van der Waals surface area contributed by atoms with Gasteiger partial charge in [-0.1, -0.05) is 12.1 Å². The van der Waals surface area contributed by atoms with E-state index in [1.807, 2.05) is 32.0 Å². The van der Waals surface area contributed by atoms with E-state index in [0.717, 1.165) is 17.2 Å². The van der Waals surface area contributed by atoms with Crippen molar-refractivity contribution in [2.75, 3.05) is 5.32 Å². The molecule has 0 fully saturated rings.